The van der Waals surface area contributed by atoms with Crippen LogP contribution in [0.3, 0.4) is 0 Å². The molecule has 2 rings (SSSR count). The Kier molecular flexibility index (Phi) is 6.91. The van der Waals surface area contributed by atoms with E-state index in [0.717, 1.165) is 35.9 Å². The van der Waals surface area contributed by atoms with Crippen molar-refractivity contribution in [3.05, 3.63) is 59.9 Å². The van der Waals surface area contributed by atoms with Crippen molar-refractivity contribution in [2.45, 2.75) is 19.9 Å². The molecular formula is C18H24N4O. The summed E-state index contributed by atoms with van der Waals surface area (Å²) in [5.41, 5.74) is 2.15. The Bertz CT molecular complexity index is 613. The SMILES string of the molecule is CN=C(NCCCOc1ccccc1C)NCc1ccccn1. The van der Waals surface area contributed by atoms with Gasteiger partial charge in [0.15, 0.2) is 5.96 Å². The van der Waals surface area contributed by atoms with Gasteiger partial charge in [0.25, 0.3) is 0 Å². The van der Waals surface area contributed by atoms with Crippen LogP contribution in [0.2, 0.25) is 0 Å². The van der Waals surface area contributed by atoms with E-state index in [1.54, 1.807) is 13.2 Å². The number of nitrogens with zero attached hydrogens (tertiary/aromatic N) is 2. The number of aromatic nitrogens is 1. The monoisotopic (exact) mass is 312 g/mol. The molecule has 0 saturated heterocycles. The lowest BCUT2D eigenvalue weighted by Crippen LogP contribution is -2.37. The number of aliphatic imine (C=N–C) groups is 1. The molecule has 0 aliphatic rings. The van der Waals surface area contributed by atoms with Gasteiger partial charge in [-0.1, -0.05) is 24.3 Å². The van der Waals surface area contributed by atoms with Crippen LogP contribution in [0.1, 0.15) is 17.7 Å². The average molecular weight is 312 g/mol. The first-order chi connectivity index (χ1) is 11.3. The van der Waals surface area contributed by atoms with Crippen molar-refractivity contribution < 1.29 is 4.74 Å². The summed E-state index contributed by atoms with van der Waals surface area (Å²) in [6, 6.07) is 13.9. The fourth-order valence-electron chi connectivity index (χ4n) is 2.08. The minimum absolute atomic E-state index is 0.653. The molecule has 0 radical (unpaired) electrons. The van der Waals surface area contributed by atoms with Crippen LogP contribution in [0.4, 0.5) is 0 Å². The van der Waals surface area contributed by atoms with Crippen molar-refractivity contribution in [3.63, 3.8) is 0 Å². The largest absolute Gasteiger partial charge is 0.493 e. The third kappa shape index (κ3) is 5.98. The van der Waals surface area contributed by atoms with Crippen LogP contribution in [0.5, 0.6) is 5.75 Å². The molecular weight excluding hydrogens is 288 g/mol. The zero-order chi connectivity index (χ0) is 16.3. The van der Waals surface area contributed by atoms with Gasteiger partial charge in [-0.05, 0) is 37.1 Å². The van der Waals surface area contributed by atoms with Crippen LogP contribution in [0.25, 0.3) is 0 Å². The van der Waals surface area contributed by atoms with Gasteiger partial charge in [-0.15, -0.1) is 0 Å². The number of ether oxygens (including phenoxy) is 1. The van der Waals surface area contributed by atoms with E-state index in [4.69, 9.17) is 4.74 Å². The Labute approximate surface area is 137 Å². The first-order valence-corrected chi connectivity index (χ1v) is 7.82. The topological polar surface area (TPSA) is 58.5 Å². The Morgan fingerprint density at radius 2 is 1.96 bits per heavy atom. The molecule has 0 bridgehead atoms. The Hall–Kier alpha value is -2.56. The lowest BCUT2D eigenvalue weighted by atomic mass is 10.2. The summed E-state index contributed by atoms with van der Waals surface area (Å²) in [6.45, 7) is 4.18. The number of guanidine groups is 1. The number of hydrogen-bond donors (Lipinski definition) is 2. The standard InChI is InChI=1S/C18H24N4O/c1-15-8-3-4-10-17(15)23-13-7-12-21-18(19-2)22-14-16-9-5-6-11-20-16/h3-6,8-11H,7,12-14H2,1-2H3,(H2,19,21,22). The number of hydrogen-bond acceptors (Lipinski definition) is 3. The van der Waals surface area contributed by atoms with E-state index in [9.17, 15) is 0 Å². The number of benzene rings is 1. The van der Waals surface area contributed by atoms with E-state index in [0.29, 0.717) is 13.2 Å². The molecule has 0 saturated carbocycles. The van der Waals surface area contributed by atoms with Crippen LogP contribution in [0, 0.1) is 6.92 Å². The first kappa shape index (κ1) is 16.8. The molecule has 5 heteroatoms. The number of nitrogens with one attached hydrogen (secondary N) is 2. The molecule has 1 aromatic heterocycles. The number of aryl methyl sites for hydroxylation is 1. The van der Waals surface area contributed by atoms with Crippen molar-refractivity contribution in [1.82, 2.24) is 15.6 Å². The first-order valence-electron chi connectivity index (χ1n) is 7.82. The van der Waals surface area contributed by atoms with Gasteiger partial charge in [0.2, 0.25) is 0 Å². The molecule has 0 aliphatic heterocycles. The highest BCUT2D eigenvalue weighted by Gasteiger charge is 2.00. The normalized spacial score (nSPS) is 11.1. The highest BCUT2D eigenvalue weighted by Crippen LogP contribution is 2.15. The summed E-state index contributed by atoms with van der Waals surface area (Å²) >= 11 is 0. The minimum Gasteiger partial charge on any atom is -0.493 e. The molecule has 122 valence electrons. The van der Waals surface area contributed by atoms with E-state index >= 15 is 0 Å². The lowest BCUT2D eigenvalue weighted by Gasteiger charge is -2.12. The molecule has 0 fully saturated rings. The molecule has 5 nitrogen and oxygen atoms in total. The molecule has 2 N–H and O–H groups in total. The summed E-state index contributed by atoms with van der Waals surface area (Å²) < 4.78 is 5.77. The smallest absolute Gasteiger partial charge is 0.191 e. The van der Waals surface area contributed by atoms with Gasteiger partial charge in [-0.25, -0.2) is 0 Å². The third-order valence-electron chi connectivity index (χ3n) is 3.35. The molecule has 0 amide bonds. The van der Waals surface area contributed by atoms with Crippen LogP contribution < -0.4 is 15.4 Å². The molecule has 23 heavy (non-hydrogen) atoms. The molecule has 1 aromatic carbocycles. The Morgan fingerprint density at radius 1 is 1.13 bits per heavy atom. The maximum Gasteiger partial charge on any atom is 0.191 e. The van der Waals surface area contributed by atoms with E-state index in [2.05, 4.69) is 33.6 Å². The van der Waals surface area contributed by atoms with Crippen molar-refractivity contribution in [2.75, 3.05) is 20.2 Å². The molecule has 1 heterocycles. The molecule has 0 spiro atoms. The average Bonchev–Trinajstić information content (AvgIpc) is 2.59. The van der Waals surface area contributed by atoms with Crippen molar-refractivity contribution in [1.29, 1.82) is 0 Å². The van der Waals surface area contributed by atoms with Gasteiger partial charge in [-0.3, -0.25) is 9.98 Å². The second kappa shape index (κ2) is 9.46. The number of para-hydroxylation sites is 1. The van der Waals surface area contributed by atoms with Crippen LogP contribution >= 0.6 is 0 Å². The van der Waals surface area contributed by atoms with Gasteiger partial charge in [0, 0.05) is 19.8 Å². The number of pyridine rings is 1. The minimum atomic E-state index is 0.653. The highest BCUT2D eigenvalue weighted by molar-refractivity contribution is 5.79. The zero-order valence-electron chi connectivity index (χ0n) is 13.7. The summed E-state index contributed by atoms with van der Waals surface area (Å²) in [7, 11) is 1.76. The third-order valence-corrected chi connectivity index (χ3v) is 3.35. The van der Waals surface area contributed by atoms with Crippen molar-refractivity contribution in [3.8, 4) is 5.75 Å². The van der Waals surface area contributed by atoms with Gasteiger partial charge < -0.3 is 15.4 Å². The number of rotatable bonds is 7. The quantitative estimate of drug-likeness (QED) is 0.468. The van der Waals surface area contributed by atoms with Gasteiger partial charge in [0.05, 0.1) is 18.8 Å². The molecule has 0 atom stereocenters. The van der Waals surface area contributed by atoms with E-state index in [-0.39, 0.29) is 0 Å². The predicted molar refractivity (Wildman–Crippen MR) is 93.7 cm³/mol. The Balaban J connectivity index is 1.63. The van der Waals surface area contributed by atoms with Crippen LogP contribution in [0.15, 0.2) is 53.7 Å². The van der Waals surface area contributed by atoms with Gasteiger partial charge in [0.1, 0.15) is 5.75 Å². The maximum absolute atomic E-state index is 5.77. The van der Waals surface area contributed by atoms with Crippen LogP contribution in [-0.4, -0.2) is 31.1 Å². The van der Waals surface area contributed by atoms with Crippen molar-refractivity contribution in [2.24, 2.45) is 4.99 Å². The predicted octanol–water partition coefficient (Wildman–Crippen LogP) is 2.52. The fraction of sp³-hybridized carbons (Fsp3) is 0.333. The zero-order valence-corrected chi connectivity index (χ0v) is 13.7. The molecule has 0 unspecified atom stereocenters. The van der Waals surface area contributed by atoms with Crippen LogP contribution in [-0.2, 0) is 6.54 Å². The Morgan fingerprint density at radius 3 is 2.70 bits per heavy atom. The van der Waals surface area contributed by atoms with E-state index in [1.165, 1.54) is 0 Å². The summed E-state index contributed by atoms with van der Waals surface area (Å²) in [6.07, 6.45) is 2.69. The molecule has 2 aromatic rings. The second-order valence-corrected chi connectivity index (χ2v) is 5.14. The summed E-state index contributed by atoms with van der Waals surface area (Å²) in [5, 5.41) is 6.51. The van der Waals surface area contributed by atoms with Crippen molar-refractivity contribution >= 4 is 5.96 Å². The summed E-state index contributed by atoms with van der Waals surface area (Å²) in [4.78, 5) is 8.47. The van der Waals surface area contributed by atoms with E-state index < -0.39 is 0 Å². The highest BCUT2D eigenvalue weighted by atomic mass is 16.5. The fourth-order valence-corrected chi connectivity index (χ4v) is 2.08. The second-order valence-electron chi connectivity index (χ2n) is 5.14. The lowest BCUT2D eigenvalue weighted by molar-refractivity contribution is 0.309. The summed E-state index contributed by atoms with van der Waals surface area (Å²) in [5.74, 6) is 1.72. The van der Waals surface area contributed by atoms with E-state index in [1.807, 2.05) is 36.4 Å². The van der Waals surface area contributed by atoms with Gasteiger partial charge in [-0.2, -0.15) is 0 Å². The van der Waals surface area contributed by atoms with Gasteiger partial charge >= 0.3 is 0 Å². The molecule has 0 aliphatic carbocycles. The maximum atomic E-state index is 5.77.